The fourth-order valence-electron chi connectivity index (χ4n) is 1.56. The lowest BCUT2D eigenvalue weighted by Gasteiger charge is -2.10. The molecule has 2 aromatic heterocycles. The average Bonchev–Trinajstić information content (AvgIpc) is 2.82. The van der Waals surface area contributed by atoms with Crippen LogP contribution >= 0.6 is 11.3 Å². The summed E-state index contributed by atoms with van der Waals surface area (Å²) in [5.41, 5.74) is 1.57. The van der Waals surface area contributed by atoms with E-state index in [0.717, 1.165) is 22.0 Å². The standard InChI is InChI=1S/C9H6N2O3S/c12-9(13)6-1-4-8(15-6)7-5(2-10-4)14-3-11-7/h1,3,10H,2H2,(H,12,13). The maximum atomic E-state index is 10.8. The van der Waals surface area contributed by atoms with E-state index >= 15 is 0 Å². The van der Waals surface area contributed by atoms with Crippen molar-refractivity contribution in [2.45, 2.75) is 6.54 Å². The van der Waals surface area contributed by atoms with Crippen molar-refractivity contribution in [2.24, 2.45) is 0 Å². The number of hydrogen-bond donors (Lipinski definition) is 2. The van der Waals surface area contributed by atoms with Gasteiger partial charge in [-0.2, -0.15) is 0 Å². The summed E-state index contributed by atoms with van der Waals surface area (Å²) in [7, 11) is 0. The van der Waals surface area contributed by atoms with Gasteiger partial charge in [0.25, 0.3) is 0 Å². The van der Waals surface area contributed by atoms with Gasteiger partial charge in [0.15, 0.2) is 12.2 Å². The molecule has 0 radical (unpaired) electrons. The van der Waals surface area contributed by atoms with E-state index in [9.17, 15) is 4.79 Å². The van der Waals surface area contributed by atoms with Crippen molar-refractivity contribution in [1.82, 2.24) is 4.98 Å². The van der Waals surface area contributed by atoms with E-state index in [1.165, 1.54) is 17.7 Å². The smallest absolute Gasteiger partial charge is 0.345 e. The molecule has 1 aliphatic heterocycles. The maximum Gasteiger partial charge on any atom is 0.345 e. The van der Waals surface area contributed by atoms with Crippen LogP contribution in [0.25, 0.3) is 10.6 Å². The second-order valence-electron chi connectivity index (χ2n) is 3.14. The molecule has 0 fully saturated rings. The SMILES string of the molecule is O=C(O)c1cc2c(s1)-c1ncoc1CN2. The van der Waals surface area contributed by atoms with Crippen molar-refractivity contribution in [3.05, 3.63) is 23.1 Å². The molecule has 0 aromatic carbocycles. The summed E-state index contributed by atoms with van der Waals surface area (Å²) < 4.78 is 5.17. The lowest BCUT2D eigenvalue weighted by molar-refractivity contribution is 0.0702. The Morgan fingerprint density at radius 1 is 1.67 bits per heavy atom. The quantitative estimate of drug-likeness (QED) is 0.772. The van der Waals surface area contributed by atoms with Gasteiger partial charge in [0.05, 0.1) is 17.1 Å². The minimum absolute atomic E-state index is 0.309. The lowest BCUT2D eigenvalue weighted by atomic mass is 10.2. The molecule has 1 aliphatic rings. The molecule has 0 saturated carbocycles. The summed E-state index contributed by atoms with van der Waals surface area (Å²) in [6.45, 7) is 0.554. The Kier molecular flexibility index (Phi) is 1.60. The zero-order valence-corrected chi connectivity index (χ0v) is 8.30. The van der Waals surface area contributed by atoms with Crippen molar-refractivity contribution >= 4 is 23.0 Å². The predicted octanol–water partition coefficient (Wildman–Crippen LogP) is 2.03. The number of carboxylic acid groups (broad SMARTS) is 1. The number of aromatic carboxylic acids is 1. The number of anilines is 1. The van der Waals surface area contributed by atoms with Crippen LogP contribution in [0.5, 0.6) is 0 Å². The number of hydrogen-bond acceptors (Lipinski definition) is 5. The molecule has 0 amide bonds. The number of thiophene rings is 1. The van der Waals surface area contributed by atoms with Gasteiger partial charge < -0.3 is 14.8 Å². The summed E-state index contributed by atoms with van der Waals surface area (Å²) in [4.78, 5) is 16.0. The number of aromatic nitrogens is 1. The molecule has 15 heavy (non-hydrogen) atoms. The molecule has 0 saturated heterocycles. The van der Waals surface area contributed by atoms with Gasteiger partial charge in [-0.1, -0.05) is 0 Å². The number of carboxylic acids is 1. The van der Waals surface area contributed by atoms with Crippen LogP contribution in [0.2, 0.25) is 0 Å². The van der Waals surface area contributed by atoms with Crippen LogP contribution in [0.1, 0.15) is 15.4 Å². The van der Waals surface area contributed by atoms with Gasteiger partial charge in [0, 0.05) is 0 Å². The van der Waals surface area contributed by atoms with E-state index in [1.807, 2.05) is 0 Å². The highest BCUT2D eigenvalue weighted by Gasteiger charge is 2.24. The van der Waals surface area contributed by atoms with Crippen LogP contribution in [0.4, 0.5) is 5.69 Å². The highest BCUT2D eigenvalue weighted by molar-refractivity contribution is 7.18. The first-order chi connectivity index (χ1) is 7.25. The largest absolute Gasteiger partial charge is 0.477 e. The second-order valence-corrected chi connectivity index (χ2v) is 4.19. The van der Waals surface area contributed by atoms with E-state index in [4.69, 9.17) is 9.52 Å². The first-order valence-electron chi connectivity index (χ1n) is 4.29. The molecule has 3 rings (SSSR count). The molecular formula is C9H6N2O3S. The third-order valence-corrected chi connectivity index (χ3v) is 3.37. The van der Waals surface area contributed by atoms with Crippen LogP contribution < -0.4 is 5.32 Å². The molecule has 0 atom stereocenters. The van der Waals surface area contributed by atoms with Crippen LogP contribution in [0.15, 0.2) is 16.9 Å². The van der Waals surface area contributed by atoms with Gasteiger partial charge in [-0.05, 0) is 6.07 Å². The van der Waals surface area contributed by atoms with Crippen LogP contribution in [0.3, 0.4) is 0 Å². The van der Waals surface area contributed by atoms with Crippen molar-refractivity contribution in [3.8, 4) is 10.6 Å². The number of carbonyl (C=O) groups is 1. The Bertz CT molecular complexity index is 543. The first kappa shape index (κ1) is 8.49. The minimum atomic E-state index is -0.916. The summed E-state index contributed by atoms with van der Waals surface area (Å²) >= 11 is 1.21. The first-order valence-corrected chi connectivity index (χ1v) is 5.11. The normalized spacial score (nSPS) is 12.8. The molecule has 0 bridgehead atoms. The Morgan fingerprint density at radius 3 is 3.33 bits per heavy atom. The van der Waals surface area contributed by atoms with Crippen molar-refractivity contribution in [2.75, 3.05) is 5.32 Å². The topological polar surface area (TPSA) is 75.4 Å². The summed E-state index contributed by atoms with van der Waals surface area (Å²) in [5, 5.41) is 12.0. The second kappa shape index (κ2) is 2.83. The fraction of sp³-hybridized carbons (Fsp3) is 0.111. The average molecular weight is 222 g/mol. The number of fused-ring (bicyclic) bond motifs is 3. The van der Waals surface area contributed by atoms with Gasteiger partial charge >= 0.3 is 5.97 Å². The molecule has 2 aromatic rings. The molecule has 2 N–H and O–H groups in total. The number of oxazole rings is 1. The molecule has 0 spiro atoms. The Labute approximate surface area is 88.4 Å². The van der Waals surface area contributed by atoms with E-state index < -0.39 is 5.97 Å². The highest BCUT2D eigenvalue weighted by atomic mass is 32.1. The van der Waals surface area contributed by atoms with E-state index in [1.54, 1.807) is 6.07 Å². The van der Waals surface area contributed by atoms with Gasteiger partial charge in [0.1, 0.15) is 10.6 Å². The van der Waals surface area contributed by atoms with Crippen molar-refractivity contribution < 1.29 is 14.3 Å². The van der Waals surface area contributed by atoms with Crippen LogP contribution in [-0.4, -0.2) is 16.1 Å². The Hall–Kier alpha value is -1.82. The Morgan fingerprint density at radius 2 is 2.53 bits per heavy atom. The highest BCUT2D eigenvalue weighted by Crippen LogP contribution is 2.40. The van der Waals surface area contributed by atoms with Crippen LogP contribution in [-0.2, 0) is 6.54 Å². The van der Waals surface area contributed by atoms with Crippen molar-refractivity contribution in [1.29, 1.82) is 0 Å². The molecule has 0 aliphatic carbocycles. The minimum Gasteiger partial charge on any atom is -0.477 e. The number of nitrogens with zero attached hydrogens (tertiary/aromatic N) is 1. The lowest BCUT2D eigenvalue weighted by Crippen LogP contribution is -2.04. The molecule has 6 heteroatoms. The Balaban J connectivity index is 2.20. The van der Waals surface area contributed by atoms with Gasteiger partial charge in [-0.25, -0.2) is 9.78 Å². The molecular weight excluding hydrogens is 216 g/mol. The maximum absolute atomic E-state index is 10.8. The van der Waals surface area contributed by atoms with Gasteiger partial charge in [-0.3, -0.25) is 0 Å². The van der Waals surface area contributed by atoms with Gasteiger partial charge in [0.2, 0.25) is 0 Å². The van der Waals surface area contributed by atoms with E-state index in [0.29, 0.717) is 11.4 Å². The monoisotopic (exact) mass is 222 g/mol. The molecule has 76 valence electrons. The molecule has 5 nitrogen and oxygen atoms in total. The zero-order chi connectivity index (χ0) is 10.4. The van der Waals surface area contributed by atoms with Crippen molar-refractivity contribution in [3.63, 3.8) is 0 Å². The summed E-state index contributed by atoms with van der Waals surface area (Å²) in [6.07, 6.45) is 1.38. The third kappa shape index (κ3) is 1.15. The molecule has 0 unspecified atom stereocenters. The van der Waals surface area contributed by atoms with Crippen LogP contribution in [0, 0.1) is 0 Å². The number of nitrogens with one attached hydrogen (secondary N) is 1. The van der Waals surface area contributed by atoms with E-state index in [2.05, 4.69) is 10.3 Å². The van der Waals surface area contributed by atoms with E-state index in [-0.39, 0.29) is 0 Å². The fourth-order valence-corrected chi connectivity index (χ4v) is 2.55. The predicted molar refractivity (Wildman–Crippen MR) is 54.1 cm³/mol. The van der Waals surface area contributed by atoms with Gasteiger partial charge in [-0.15, -0.1) is 11.3 Å². The zero-order valence-electron chi connectivity index (χ0n) is 7.48. The summed E-state index contributed by atoms with van der Waals surface area (Å²) in [5.74, 6) is -0.164. The summed E-state index contributed by atoms with van der Waals surface area (Å²) in [6, 6.07) is 1.62. The third-order valence-electron chi connectivity index (χ3n) is 2.24. The molecule has 3 heterocycles. The number of rotatable bonds is 1.